The van der Waals surface area contributed by atoms with E-state index in [9.17, 15) is 0 Å². The van der Waals surface area contributed by atoms with Crippen molar-refractivity contribution in [2.45, 2.75) is 34.6 Å². The van der Waals surface area contributed by atoms with Gasteiger partial charge >= 0.3 is 0 Å². The summed E-state index contributed by atoms with van der Waals surface area (Å²) in [5.41, 5.74) is 1.28. The fourth-order valence-electron chi connectivity index (χ4n) is 0.518. The SMILES string of the molecule is CC.CC1=NOCC1(C)C. The Morgan fingerprint density at radius 1 is 1.40 bits per heavy atom. The van der Waals surface area contributed by atoms with Gasteiger partial charge in [0.15, 0.2) is 0 Å². The smallest absolute Gasteiger partial charge is 0.127 e. The molecule has 0 aromatic carbocycles. The summed E-state index contributed by atoms with van der Waals surface area (Å²) in [6.45, 7) is 11.0. The maximum atomic E-state index is 4.86. The maximum absolute atomic E-state index is 4.86. The molecule has 1 aliphatic heterocycles. The third kappa shape index (κ3) is 2.01. The molecule has 0 amide bonds. The molecule has 0 unspecified atom stereocenters. The lowest BCUT2D eigenvalue weighted by Gasteiger charge is -2.12. The van der Waals surface area contributed by atoms with E-state index in [1.165, 1.54) is 0 Å². The Morgan fingerprint density at radius 3 is 2.00 bits per heavy atom. The van der Waals surface area contributed by atoms with E-state index in [0.717, 1.165) is 12.3 Å². The van der Waals surface area contributed by atoms with Gasteiger partial charge in [-0.2, -0.15) is 0 Å². The summed E-state index contributed by atoms with van der Waals surface area (Å²) in [4.78, 5) is 4.86. The van der Waals surface area contributed by atoms with Crippen LogP contribution in [0.5, 0.6) is 0 Å². The van der Waals surface area contributed by atoms with Crippen molar-refractivity contribution in [1.82, 2.24) is 0 Å². The molecule has 0 saturated carbocycles. The summed E-state index contributed by atoms with van der Waals surface area (Å²) in [5.74, 6) is 0. The maximum Gasteiger partial charge on any atom is 0.127 e. The van der Waals surface area contributed by atoms with Crippen molar-refractivity contribution in [3.63, 3.8) is 0 Å². The number of rotatable bonds is 0. The molecule has 2 heteroatoms. The molecule has 0 fully saturated rings. The van der Waals surface area contributed by atoms with Crippen molar-refractivity contribution >= 4 is 5.71 Å². The van der Waals surface area contributed by atoms with E-state index in [4.69, 9.17) is 4.84 Å². The highest BCUT2D eigenvalue weighted by Crippen LogP contribution is 2.22. The van der Waals surface area contributed by atoms with E-state index in [0.29, 0.717) is 0 Å². The average Bonchev–Trinajstić information content (AvgIpc) is 2.17. The van der Waals surface area contributed by atoms with Crippen molar-refractivity contribution in [1.29, 1.82) is 0 Å². The average molecular weight is 143 g/mol. The first-order valence-electron chi connectivity index (χ1n) is 3.80. The Balaban J connectivity index is 0.000000371. The fraction of sp³-hybridized carbons (Fsp3) is 0.875. The van der Waals surface area contributed by atoms with E-state index < -0.39 is 0 Å². The summed E-state index contributed by atoms with van der Waals surface area (Å²) >= 11 is 0. The zero-order valence-corrected chi connectivity index (χ0v) is 7.56. The summed E-state index contributed by atoms with van der Waals surface area (Å²) in [6.07, 6.45) is 0. The summed E-state index contributed by atoms with van der Waals surface area (Å²) in [5, 5.41) is 3.81. The molecule has 0 saturated heterocycles. The van der Waals surface area contributed by atoms with Crippen LogP contribution in [0.15, 0.2) is 5.16 Å². The Bertz CT molecular complexity index is 127. The quantitative estimate of drug-likeness (QED) is 0.510. The molecular formula is C8H17NO. The normalized spacial score (nSPS) is 20.3. The standard InChI is InChI=1S/C6H11NO.C2H6/c1-5-6(2,3)4-8-7-5;1-2/h4H2,1-3H3;1-2H3. The highest BCUT2D eigenvalue weighted by molar-refractivity contribution is 5.87. The minimum absolute atomic E-state index is 0.181. The topological polar surface area (TPSA) is 21.6 Å². The first-order valence-corrected chi connectivity index (χ1v) is 3.80. The van der Waals surface area contributed by atoms with Crippen molar-refractivity contribution in [3.05, 3.63) is 0 Å². The van der Waals surface area contributed by atoms with Crippen LogP contribution in [0.3, 0.4) is 0 Å². The zero-order valence-electron chi connectivity index (χ0n) is 7.56. The predicted octanol–water partition coefficient (Wildman–Crippen LogP) is 2.44. The number of nitrogens with zero attached hydrogens (tertiary/aromatic N) is 1. The molecule has 10 heavy (non-hydrogen) atoms. The third-order valence-corrected chi connectivity index (χ3v) is 1.61. The number of hydrogen-bond acceptors (Lipinski definition) is 2. The van der Waals surface area contributed by atoms with Gasteiger partial charge in [-0.3, -0.25) is 0 Å². The lowest BCUT2D eigenvalue weighted by atomic mass is 9.90. The molecule has 0 bridgehead atoms. The molecule has 2 nitrogen and oxygen atoms in total. The van der Waals surface area contributed by atoms with Gasteiger partial charge in [-0.1, -0.05) is 32.9 Å². The molecule has 1 heterocycles. The Labute approximate surface area is 63.3 Å². The second-order valence-electron chi connectivity index (χ2n) is 2.83. The van der Waals surface area contributed by atoms with E-state index in [1.807, 2.05) is 20.8 Å². The van der Waals surface area contributed by atoms with Gasteiger partial charge in [0, 0.05) is 5.41 Å². The highest BCUT2D eigenvalue weighted by Gasteiger charge is 2.27. The molecule has 0 radical (unpaired) electrons. The molecule has 60 valence electrons. The molecule has 0 N–H and O–H groups in total. The summed E-state index contributed by atoms with van der Waals surface area (Å²) in [7, 11) is 0. The van der Waals surface area contributed by atoms with Gasteiger partial charge in [0.25, 0.3) is 0 Å². The van der Waals surface area contributed by atoms with Crippen LogP contribution in [0.1, 0.15) is 34.6 Å². The van der Waals surface area contributed by atoms with Crippen molar-refractivity contribution in [3.8, 4) is 0 Å². The zero-order chi connectivity index (χ0) is 8.20. The van der Waals surface area contributed by atoms with Crippen LogP contribution in [0, 0.1) is 5.41 Å². The van der Waals surface area contributed by atoms with Crippen LogP contribution in [0.25, 0.3) is 0 Å². The molecule has 1 rings (SSSR count). The molecule has 0 aliphatic carbocycles. The van der Waals surface area contributed by atoms with Crippen LogP contribution >= 0.6 is 0 Å². The van der Waals surface area contributed by atoms with E-state index >= 15 is 0 Å². The highest BCUT2D eigenvalue weighted by atomic mass is 16.6. The lowest BCUT2D eigenvalue weighted by Crippen LogP contribution is -2.20. The fourth-order valence-corrected chi connectivity index (χ4v) is 0.518. The molecule has 0 spiro atoms. The van der Waals surface area contributed by atoms with Crippen LogP contribution in [0.2, 0.25) is 0 Å². The Hall–Kier alpha value is -0.530. The summed E-state index contributed by atoms with van der Waals surface area (Å²) < 4.78 is 0. The molecular weight excluding hydrogens is 126 g/mol. The van der Waals surface area contributed by atoms with Crippen molar-refractivity contribution in [2.24, 2.45) is 10.6 Å². The minimum atomic E-state index is 0.181. The number of hydrogen-bond donors (Lipinski definition) is 0. The van der Waals surface area contributed by atoms with Gasteiger partial charge in [0.2, 0.25) is 0 Å². The van der Waals surface area contributed by atoms with Gasteiger partial charge < -0.3 is 4.84 Å². The first kappa shape index (κ1) is 9.47. The van der Waals surface area contributed by atoms with Crippen LogP contribution in [-0.4, -0.2) is 12.3 Å². The predicted molar refractivity (Wildman–Crippen MR) is 44.2 cm³/mol. The first-order chi connectivity index (χ1) is 4.63. The van der Waals surface area contributed by atoms with Gasteiger partial charge in [0.05, 0.1) is 5.71 Å². The Morgan fingerprint density at radius 2 is 1.90 bits per heavy atom. The van der Waals surface area contributed by atoms with Crippen molar-refractivity contribution < 1.29 is 4.84 Å². The van der Waals surface area contributed by atoms with Gasteiger partial charge in [-0.05, 0) is 6.92 Å². The van der Waals surface area contributed by atoms with Gasteiger partial charge in [0.1, 0.15) is 6.61 Å². The molecule has 0 aromatic rings. The largest absolute Gasteiger partial charge is 0.395 e. The number of oxime groups is 1. The van der Waals surface area contributed by atoms with E-state index in [2.05, 4.69) is 19.0 Å². The second-order valence-corrected chi connectivity index (χ2v) is 2.83. The third-order valence-electron chi connectivity index (χ3n) is 1.61. The molecule has 1 aliphatic rings. The Kier molecular flexibility index (Phi) is 3.40. The van der Waals surface area contributed by atoms with Crippen LogP contribution in [-0.2, 0) is 4.84 Å². The summed E-state index contributed by atoms with van der Waals surface area (Å²) in [6, 6.07) is 0. The van der Waals surface area contributed by atoms with Gasteiger partial charge in [-0.15, -0.1) is 0 Å². The lowest BCUT2D eigenvalue weighted by molar-refractivity contribution is 0.133. The van der Waals surface area contributed by atoms with Crippen LogP contribution < -0.4 is 0 Å². The van der Waals surface area contributed by atoms with Crippen LogP contribution in [0.4, 0.5) is 0 Å². The minimum Gasteiger partial charge on any atom is -0.395 e. The second kappa shape index (κ2) is 3.59. The molecule has 0 aromatic heterocycles. The van der Waals surface area contributed by atoms with E-state index in [1.54, 1.807) is 0 Å². The van der Waals surface area contributed by atoms with Crippen molar-refractivity contribution in [2.75, 3.05) is 6.61 Å². The molecule has 0 atom stereocenters. The van der Waals surface area contributed by atoms with Gasteiger partial charge in [-0.25, -0.2) is 0 Å². The monoisotopic (exact) mass is 143 g/mol. The van der Waals surface area contributed by atoms with E-state index in [-0.39, 0.29) is 5.41 Å².